The molecular weight excluding hydrogens is 424 g/mol. The Hall–Kier alpha value is -2.51. The Balaban J connectivity index is 1.80. The van der Waals surface area contributed by atoms with E-state index in [0.717, 1.165) is 0 Å². The predicted molar refractivity (Wildman–Crippen MR) is 118 cm³/mol. The van der Waals surface area contributed by atoms with Gasteiger partial charge >= 0.3 is 5.97 Å². The number of aliphatic hydroxyl groups excluding tert-OH is 3. The quantitative estimate of drug-likeness (QED) is 0.521. The average Bonchev–Trinajstić information content (AvgIpc) is 3.25. The van der Waals surface area contributed by atoms with E-state index in [1.807, 2.05) is 6.92 Å². The number of Topliss-reactive ketones (excluding diaryl/α,β-unsaturated/α-hetero) is 1. The molecule has 4 aliphatic carbocycles. The molecule has 1 heterocycles. The van der Waals surface area contributed by atoms with Crippen molar-refractivity contribution < 1.29 is 34.4 Å². The predicted octanol–water partition coefficient (Wildman–Crippen LogP) is 2.49. The largest absolute Gasteiger partial charge is 0.504 e. The highest BCUT2D eigenvalue weighted by molar-refractivity contribution is 6.06. The van der Waals surface area contributed by atoms with Gasteiger partial charge in [0.05, 0.1) is 28.6 Å². The third-order valence-electron chi connectivity index (χ3n) is 9.53. The fourth-order valence-electron chi connectivity index (χ4n) is 7.83. The Labute approximate surface area is 192 Å². The first-order valence-corrected chi connectivity index (χ1v) is 11.4. The van der Waals surface area contributed by atoms with E-state index in [0.29, 0.717) is 22.3 Å². The number of allylic oxidation sites excluding steroid dienone is 4. The molecular formula is C26H30O7. The summed E-state index contributed by atoms with van der Waals surface area (Å²) >= 11 is 0. The zero-order chi connectivity index (χ0) is 24.3. The van der Waals surface area contributed by atoms with Crippen molar-refractivity contribution in [2.45, 2.75) is 59.7 Å². The molecule has 0 radical (unpaired) electrons. The maximum absolute atomic E-state index is 14.0. The number of ketones is 2. The molecule has 5 rings (SSSR count). The first-order valence-electron chi connectivity index (χ1n) is 11.4. The standard InChI is InChI=1S/C26H30O7/c1-23(2)16(28)6-8-24(3)19-15(27)11-14-13(12-7-9-33-22(12)32)10-17(29)25(14,4)26(19,5)21(31)18(30)20(23)24/h6-8,15,17,19,27,29-30H,9-11H2,1-5H3/t15-,17+,19+,24+,25-,26-/m0/s1. The highest BCUT2D eigenvalue weighted by Gasteiger charge is 2.73. The molecule has 0 saturated heterocycles. The summed E-state index contributed by atoms with van der Waals surface area (Å²) in [7, 11) is 0. The number of ether oxygens (including phenoxy) is 1. The van der Waals surface area contributed by atoms with Gasteiger partial charge in [-0.1, -0.05) is 32.4 Å². The number of rotatable bonds is 1. The van der Waals surface area contributed by atoms with Gasteiger partial charge in [0, 0.05) is 23.2 Å². The van der Waals surface area contributed by atoms with Crippen molar-refractivity contribution >= 4 is 17.5 Å². The molecule has 7 nitrogen and oxygen atoms in total. The second-order valence-corrected chi connectivity index (χ2v) is 11.2. The Morgan fingerprint density at radius 2 is 1.67 bits per heavy atom. The third-order valence-corrected chi connectivity index (χ3v) is 9.53. The molecule has 1 saturated carbocycles. The number of hydrogen-bond acceptors (Lipinski definition) is 7. The number of hydrogen-bond donors (Lipinski definition) is 3. The maximum Gasteiger partial charge on any atom is 0.338 e. The van der Waals surface area contributed by atoms with Crippen LogP contribution in [0.4, 0.5) is 0 Å². The second-order valence-electron chi connectivity index (χ2n) is 11.2. The lowest BCUT2D eigenvalue weighted by atomic mass is 9.38. The van der Waals surface area contributed by atoms with Crippen LogP contribution >= 0.6 is 0 Å². The Kier molecular flexibility index (Phi) is 4.28. The minimum absolute atomic E-state index is 0.151. The van der Waals surface area contributed by atoms with Gasteiger partial charge in [0.2, 0.25) is 5.78 Å². The van der Waals surface area contributed by atoms with E-state index >= 15 is 0 Å². The summed E-state index contributed by atoms with van der Waals surface area (Å²) in [5.41, 5.74) is -2.63. The molecule has 176 valence electrons. The van der Waals surface area contributed by atoms with Crippen LogP contribution in [0.1, 0.15) is 47.5 Å². The second kappa shape index (κ2) is 6.33. The molecule has 7 heteroatoms. The minimum Gasteiger partial charge on any atom is -0.504 e. The van der Waals surface area contributed by atoms with Gasteiger partial charge < -0.3 is 20.1 Å². The highest BCUT2D eigenvalue weighted by Crippen LogP contribution is 2.71. The SMILES string of the molecule is CC1(C)C(=O)C=C[C@@]2(C)C1=C(O)C(=O)[C@]1(C)[C@@H]2[C@@H](O)CC2=C(C3=CCOC3=O)C[C@@H](O)[C@]21C. The smallest absolute Gasteiger partial charge is 0.338 e. The number of cyclic esters (lactones) is 1. The number of fused-ring (bicyclic) bond motifs is 5. The van der Waals surface area contributed by atoms with E-state index in [1.54, 1.807) is 39.8 Å². The monoisotopic (exact) mass is 454 g/mol. The molecule has 33 heavy (non-hydrogen) atoms. The lowest BCUT2D eigenvalue weighted by molar-refractivity contribution is -0.174. The lowest BCUT2D eigenvalue weighted by Crippen LogP contribution is -2.67. The normalized spacial score (nSPS) is 43.9. The fraction of sp³-hybridized carbons (Fsp3) is 0.577. The molecule has 0 aromatic rings. The van der Waals surface area contributed by atoms with Crippen LogP contribution in [0.3, 0.4) is 0 Å². The van der Waals surface area contributed by atoms with E-state index in [-0.39, 0.29) is 25.2 Å². The Morgan fingerprint density at radius 1 is 1.00 bits per heavy atom. The summed E-state index contributed by atoms with van der Waals surface area (Å²) < 4.78 is 5.08. The van der Waals surface area contributed by atoms with Crippen molar-refractivity contribution in [3.63, 3.8) is 0 Å². The Morgan fingerprint density at radius 3 is 2.27 bits per heavy atom. The van der Waals surface area contributed by atoms with E-state index < -0.39 is 57.3 Å². The van der Waals surface area contributed by atoms with Crippen LogP contribution in [0.2, 0.25) is 0 Å². The molecule has 6 atom stereocenters. The van der Waals surface area contributed by atoms with Gasteiger partial charge in [0.15, 0.2) is 11.5 Å². The zero-order valence-corrected chi connectivity index (χ0v) is 19.6. The van der Waals surface area contributed by atoms with Gasteiger partial charge in [-0.2, -0.15) is 0 Å². The molecule has 0 amide bonds. The molecule has 5 aliphatic rings. The number of esters is 1. The van der Waals surface area contributed by atoms with Crippen molar-refractivity contribution in [1.82, 2.24) is 0 Å². The van der Waals surface area contributed by atoms with Gasteiger partial charge in [0.25, 0.3) is 0 Å². The van der Waals surface area contributed by atoms with Crippen molar-refractivity contribution in [2.75, 3.05) is 6.61 Å². The van der Waals surface area contributed by atoms with Crippen LogP contribution in [0.25, 0.3) is 0 Å². The molecule has 1 aliphatic heterocycles. The molecule has 1 fully saturated rings. The summed E-state index contributed by atoms with van der Waals surface area (Å²) in [5, 5.41) is 34.3. The van der Waals surface area contributed by atoms with Crippen LogP contribution in [0, 0.1) is 27.6 Å². The summed E-state index contributed by atoms with van der Waals surface area (Å²) in [6.07, 6.45) is 3.17. The van der Waals surface area contributed by atoms with Crippen molar-refractivity contribution in [3.8, 4) is 0 Å². The van der Waals surface area contributed by atoms with E-state index in [1.165, 1.54) is 6.08 Å². The van der Waals surface area contributed by atoms with Crippen LogP contribution in [-0.4, -0.2) is 51.7 Å². The van der Waals surface area contributed by atoms with Crippen molar-refractivity contribution in [1.29, 1.82) is 0 Å². The van der Waals surface area contributed by atoms with E-state index in [9.17, 15) is 29.7 Å². The highest BCUT2D eigenvalue weighted by atomic mass is 16.5. The fourth-order valence-corrected chi connectivity index (χ4v) is 7.83. The summed E-state index contributed by atoms with van der Waals surface area (Å²) in [6, 6.07) is 0. The maximum atomic E-state index is 14.0. The molecule has 0 bridgehead atoms. The van der Waals surface area contributed by atoms with Crippen molar-refractivity contribution in [2.24, 2.45) is 27.6 Å². The van der Waals surface area contributed by atoms with E-state index in [2.05, 4.69) is 0 Å². The first-order chi connectivity index (χ1) is 15.2. The topological polar surface area (TPSA) is 121 Å². The van der Waals surface area contributed by atoms with Crippen LogP contribution in [-0.2, 0) is 19.1 Å². The van der Waals surface area contributed by atoms with Gasteiger partial charge in [-0.05, 0) is 43.6 Å². The van der Waals surface area contributed by atoms with Gasteiger partial charge in [0.1, 0.15) is 6.61 Å². The summed E-state index contributed by atoms with van der Waals surface area (Å²) in [4.78, 5) is 39.0. The Bertz CT molecular complexity index is 1150. The van der Waals surface area contributed by atoms with Gasteiger partial charge in [-0.15, -0.1) is 0 Å². The first kappa shape index (κ1) is 22.3. The summed E-state index contributed by atoms with van der Waals surface area (Å²) in [5.74, 6) is -2.44. The molecule has 3 N–H and O–H groups in total. The number of carbonyl (C=O) groups is 3. The molecule has 0 spiro atoms. The lowest BCUT2D eigenvalue weighted by Gasteiger charge is -2.64. The molecule has 0 aromatic heterocycles. The van der Waals surface area contributed by atoms with Crippen LogP contribution in [0.5, 0.6) is 0 Å². The van der Waals surface area contributed by atoms with Gasteiger partial charge in [-0.25, -0.2) is 4.79 Å². The number of carbonyl (C=O) groups excluding carboxylic acids is 3. The number of aliphatic hydroxyl groups is 3. The zero-order valence-electron chi connectivity index (χ0n) is 19.6. The van der Waals surface area contributed by atoms with Crippen molar-refractivity contribution in [3.05, 3.63) is 46.3 Å². The van der Waals surface area contributed by atoms with Crippen LogP contribution in [0.15, 0.2) is 46.3 Å². The van der Waals surface area contributed by atoms with E-state index in [4.69, 9.17) is 4.74 Å². The van der Waals surface area contributed by atoms with Crippen LogP contribution < -0.4 is 0 Å². The summed E-state index contributed by atoms with van der Waals surface area (Å²) in [6.45, 7) is 8.85. The molecule has 0 aromatic carbocycles. The third kappa shape index (κ3) is 2.30. The van der Waals surface area contributed by atoms with Gasteiger partial charge in [-0.3, -0.25) is 9.59 Å². The average molecular weight is 455 g/mol. The minimum atomic E-state index is -1.38. The molecule has 0 unspecified atom stereocenters.